The number of hydrogen-bond donors (Lipinski definition) is 2. The molecule has 0 radical (unpaired) electrons. The number of alkyl halides is 1. The molecular formula is C7H15BrO3. The first-order chi connectivity index (χ1) is 5.04. The van der Waals surface area contributed by atoms with Gasteiger partial charge in [-0.2, -0.15) is 0 Å². The van der Waals surface area contributed by atoms with Crippen molar-refractivity contribution in [2.45, 2.75) is 26.4 Å². The van der Waals surface area contributed by atoms with Gasteiger partial charge in [0.05, 0.1) is 12.7 Å². The first-order valence-corrected chi connectivity index (χ1v) is 4.48. The molecule has 0 unspecified atom stereocenters. The molecule has 11 heavy (non-hydrogen) atoms. The minimum Gasteiger partial charge on any atom is -0.394 e. The minimum absolute atomic E-state index is 0.133. The normalized spacial score (nSPS) is 11.4. The van der Waals surface area contributed by atoms with Crippen LogP contribution in [0, 0.1) is 0 Å². The number of Topliss-reactive ketones (excluding diaryl/α,β-unsaturated/α-hetero) is 1. The zero-order chi connectivity index (χ0) is 9.28. The van der Waals surface area contributed by atoms with Crippen LogP contribution in [0.1, 0.15) is 20.3 Å². The maximum Gasteiger partial charge on any atom is 0.126 e. The van der Waals surface area contributed by atoms with E-state index in [1.54, 1.807) is 0 Å². The molecule has 0 heterocycles. The molecule has 2 N–H and O–H groups in total. The summed E-state index contributed by atoms with van der Waals surface area (Å²) in [6, 6.07) is 0. The molecule has 0 fully saturated rings. The Kier molecular flexibility index (Phi) is 12.5. The SMILES string of the molecule is CC(C)=O.OC[C@@H](O)CCBr. The van der Waals surface area contributed by atoms with Gasteiger partial charge in [0.2, 0.25) is 0 Å². The second-order valence-corrected chi connectivity index (χ2v) is 3.02. The van der Waals surface area contributed by atoms with Crippen LogP contribution in [-0.4, -0.2) is 34.0 Å². The first-order valence-electron chi connectivity index (χ1n) is 3.36. The lowest BCUT2D eigenvalue weighted by Gasteiger charge is -2.00. The van der Waals surface area contributed by atoms with E-state index in [9.17, 15) is 4.79 Å². The van der Waals surface area contributed by atoms with Gasteiger partial charge in [-0.3, -0.25) is 0 Å². The molecule has 0 amide bonds. The van der Waals surface area contributed by atoms with Crippen LogP contribution in [0.4, 0.5) is 0 Å². The average Bonchev–Trinajstić information content (AvgIpc) is 1.87. The average molecular weight is 227 g/mol. The highest BCUT2D eigenvalue weighted by atomic mass is 79.9. The summed E-state index contributed by atoms with van der Waals surface area (Å²) < 4.78 is 0. The van der Waals surface area contributed by atoms with Gasteiger partial charge in [0.15, 0.2) is 0 Å². The summed E-state index contributed by atoms with van der Waals surface area (Å²) in [5.74, 6) is 0.167. The van der Waals surface area contributed by atoms with Gasteiger partial charge in [0, 0.05) is 5.33 Å². The highest BCUT2D eigenvalue weighted by Gasteiger charge is 1.96. The van der Waals surface area contributed by atoms with Gasteiger partial charge >= 0.3 is 0 Å². The second kappa shape index (κ2) is 10.1. The Hall–Kier alpha value is 0.0700. The molecule has 0 bridgehead atoms. The van der Waals surface area contributed by atoms with Crippen LogP contribution >= 0.6 is 15.9 Å². The third kappa shape index (κ3) is 25.5. The molecule has 4 heteroatoms. The fourth-order valence-electron chi connectivity index (χ4n) is 0.217. The Morgan fingerprint density at radius 3 is 2.00 bits per heavy atom. The van der Waals surface area contributed by atoms with Gasteiger partial charge in [-0.05, 0) is 20.3 Å². The van der Waals surface area contributed by atoms with E-state index >= 15 is 0 Å². The Morgan fingerprint density at radius 1 is 1.55 bits per heavy atom. The number of aliphatic hydroxyl groups excluding tert-OH is 2. The molecule has 1 atom stereocenters. The van der Waals surface area contributed by atoms with Gasteiger partial charge in [-0.15, -0.1) is 0 Å². The quantitative estimate of drug-likeness (QED) is 0.698. The van der Waals surface area contributed by atoms with Gasteiger partial charge < -0.3 is 15.0 Å². The fourth-order valence-corrected chi connectivity index (χ4v) is 0.746. The van der Waals surface area contributed by atoms with Crippen molar-refractivity contribution >= 4 is 21.7 Å². The smallest absolute Gasteiger partial charge is 0.126 e. The van der Waals surface area contributed by atoms with Crippen LogP contribution < -0.4 is 0 Å². The van der Waals surface area contributed by atoms with Crippen LogP contribution in [0.25, 0.3) is 0 Å². The molecule has 0 aromatic carbocycles. The Bertz CT molecular complexity index is 91.7. The van der Waals surface area contributed by atoms with E-state index in [1.807, 2.05) is 0 Å². The highest BCUT2D eigenvalue weighted by Crippen LogP contribution is 1.92. The lowest BCUT2D eigenvalue weighted by Crippen LogP contribution is -2.11. The van der Waals surface area contributed by atoms with E-state index in [-0.39, 0.29) is 12.4 Å². The monoisotopic (exact) mass is 226 g/mol. The number of ketones is 1. The van der Waals surface area contributed by atoms with Crippen LogP contribution in [0.2, 0.25) is 0 Å². The van der Waals surface area contributed by atoms with E-state index < -0.39 is 6.10 Å². The summed E-state index contributed by atoms with van der Waals surface area (Å²) in [6.45, 7) is 2.92. The van der Waals surface area contributed by atoms with Gasteiger partial charge in [0.25, 0.3) is 0 Å². The van der Waals surface area contributed by atoms with Crippen molar-refractivity contribution in [3.05, 3.63) is 0 Å². The second-order valence-electron chi connectivity index (χ2n) is 2.22. The lowest BCUT2D eigenvalue weighted by molar-refractivity contribution is -0.114. The number of halogens is 1. The summed E-state index contributed by atoms with van der Waals surface area (Å²) in [7, 11) is 0. The zero-order valence-corrected chi connectivity index (χ0v) is 8.47. The fraction of sp³-hybridized carbons (Fsp3) is 0.857. The Labute approximate surface area is 75.6 Å². The molecule has 0 rings (SSSR count). The van der Waals surface area contributed by atoms with Crippen molar-refractivity contribution in [1.29, 1.82) is 0 Å². The molecule has 3 nitrogen and oxygen atoms in total. The van der Waals surface area contributed by atoms with E-state index in [4.69, 9.17) is 10.2 Å². The first kappa shape index (κ1) is 13.6. The number of aliphatic hydroxyl groups is 2. The standard InChI is InChI=1S/C4H9BrO2.C3H6O/c5-2-1-4(7)3-6;1-3(2)4/h4,6-7H,1-3H2;1-2H3/t4-;/m0./s1. The van der Waals surface area contributed by atoms with Crippen molar-refractivity contribution in [1.82, 2.24) is 0 Å². The molecule has 68 valence electrons. The van der Waals surface area contributed by atoms with Gasteiger partial charge in [-0.1, -0.05) is 15.9 Å². The third-order valence-electron chi connectivity index (χ3n) is 0.653. The van der Waals surface area contributed by atoms with Crippen molar-refractivity contribution in [3.63, 3.8) is 0 Å². The molecule has 0 aromatic rings. The molecule has 0 aromatic heterocycles. The molecule has 0 saturated carbocycles. The number of carbonyl (C=O) groups excluding carboxylic acids is 1. The Balaban J connectivity index is 0. The number of hydrogen-bond acceptors (Lipinski definition) is 3. The largest absolute Gasteiger partial charge is 0.394 e. The van der Waals surface area contributed by atoms with E-state index in [1.165, 1.54) is 13.8 Å². The molecule has 0 aliphatic rings. The predicted molar refractivity (Wildman–Crippen MR) is 47.9 cm³/mol. The van der Waals surface area contributed by atoms with Gasteiger partial charge in [-0.25, -0.2) is 0 Å². The summed E-state index contributed by atoms with van der Waals surface area (Å²) in [5.41, 5.74) is 0. The van der Waals surface area contributed by atoms with E-state index in [2.05, 4.69) is 15.9 Å². The lowest BCUT2D eigenvalue weighted by atomic mass is 10.3. The van der Waals surface area contributed by atoms with Crippen molar-refractivity contribution in [2.75, 3.05) is 11.9 Å². The van der Waals surface area contributed by atoms with Crippen molar-refractivity contribution in [3.8, 4) is 0 Å². The van der Waals surface area contributed by atoms with Crippen LogP contribution in [0.15, 0.2) is 0 Å². The number of rotatable bonds is 3. The topological polar surface area (TPSA) is 57.5 Å². The minimum atomic E-state index is -0.542. The maximum absolute atomic E-state index is 9.44. The summed E-state index contributed by atoms with van der Waals surface area (Å²) in [6.07, 6.45) is 0.0793. The molecule has 0 aliphatic heterocycles. The molecule has 0 saturated heterocycles. The molecule has 0 aliphatic carbocycles. The van der Waals surface area contributed by atoms with Crippen LogP contribution in [-0.2, 0) is 4.79 Å². The van der Waals surface area contributed by atoms with Crippen LogP contribution in [0.5, 0.6) is 0 Å². The van der Waals surface area contributed by atoms with E-state index in [0.717, 1.165) is 5.33 Å². The number of carbonyl (C=O) groups is 1. The summed E-state index contributed by atoms with van der Waals surface area (Å²) in [4.78, 5) is 9.44. The van der Waals surface area contributed by atoms with Crippen molar-refractivity contribution in [2.24, 2.45) is 0 Å². The molecule has 0 spiro atoms. The predicted octanol–water partition coefficient (Wildman–Crippen LogP) is 0.720. The summed E-state index contributed by atoms with van der Waals surface area (Å²) in [5, 5.41) is 17.5. The Morgan fingerprint density at radius 2 is 1.91 bits per heavy atom. The van der Waals surface area contributed by atoms with Crippen molar-refractivity contribution < 1.29 is 15.0 Å². The van der Waals surface area contributed by atoms with Gasteiger partial charge in [0.1, 0.15) is 5.78 Å². The third-order valence-corrected chi connectivity index (χ3v) is 1.11. The van der Waals surface area contributed by atoms with Crippen LogP contribution in [0.3, 0.4) is 0 Å². The highest BCUT2D eigenvalue weighted by molar-refractivity contribution is 9.09. The van der Waals surface area contributed by atoms with E-state index in [0.29, 0.717) is 6.42 Å². The maximum atomic E-state index is 9.44. The molecular weight excluding hydrogens is 212 g/mol. The summed E-state index contributed by atoms with van der Waals surface area (Å²) >= 11 is 3.12. The zero-order valence-electron chi connectivity index (χ0n) is 6.88.